The van der Waals surface area contributed by atoms with Crippen molar-refractivity contribution in [2.45, 2.75) is 38.5 Å². The quantitative estimate of drug-likeness (QED) is 0.865. The molecule has 1 fully saturated rings. The number of piperidine rings is 1. The number of hydrogen-bond acceptors (Lipinski definition) is 3. The zero-order chi connectivity index (χ0) is 17.8. The standard InChI is InChI=1S/C20H24F2N2O/c1-14(23-13-15-4-2-3-5-19(15)22)18-12-16(21)6-7-20(18)24-10-8-17(25)9-11-24/h2-7,12,14,17,23,25H,8-11,13H2,1H3. The molecule has 2 aromatic rings. The van der Waals surface area contributed by atoms with Gasteiger partial charge in [0, 0.05) is 36.9 Å². The first kappa shape index (κ1) is 17.8. The molecule has 2 aromatic carbocycles. The lowest BCUT2D eigenvalue weighted by Crippen LogP contribution is -2.37. The predicted molar refractivity (Wildman–Crippen MR) is 95.5 cm³/mol. The molecular weight excluding hydrogens is 322 g/mol. The summed E-state index contributed by atoms with van der Waals surface area (Å²) in [6.07, 6.45) is 1.18. The lowest BCUT2D eigenvalue weighted by Gasteiger charge is -2.34. The molecule has 1 atom stereocenters. The Kier molecular flexibility index (Phi) is 5.66. The summed E-state index contributed by atoms with van der Waals surface area (Å²) in [6, 6.07) is 11.3. The Morgan fingerprint density at radius 2 is 1.88 bits per heavy atom. The highest BCUT2D eigenvalue weighted by Gasteiger charge is 2.21. The van der Waals surface area contributed by atoms with E-state index < -0.39 is 0 Å². The Hall–Kier alpha value is -1.98. The molecule has 134 valence electrons. The van der Waals surface area contributed by atoms with Gasteiger partial charge in [0.05, 0.1) is 6.10 Å². The Morgan fingerprint density at radius 3 is 2.60 bits per heavy atom. The lowest BCUT2D eigenvalue weighted by molar-refractivity contribution is 0.145. The van der Waals surface area contributed by atoms with E-state index in [0.29, 0.717) is 24.9 Å². The molecule has 1 unspecified atom stereocenters. The van der Waals surface area contributed by atoms with Crippen LogP contribution in [0.2, 0.25) is 0 Å². The molecule has 25 heavy (non-hydrogen) atoms. The van der Waals surface area contributed by atoms with Crippen LogP contribution < -0.4 is 10.2 Å². The maximum absolute atomic E-state index is 13.8. The predicted octanol–water partition coefficient (Wildman–Crippen LogP) is 3.78. The molecule has 1 aliphatic heterocycles. The molecule has 0 spiro atoms. The van der Waals surface area contributed by atoms with Crippen molar-refractivity contribution >= 4 is 5.69 Å². The van der Waals surface area contributed by atoms with Gasteiger partial charge in [-0.25, -0.2) is 8.78 Å². The first-order valence-electron chi connectivity index (χ1n) is 8.74. The zero-order valence-corrected chi connectivity index (χ0v) is 14.4. The van der Waals surface area contributed by atoms with Gasteiger partial charge in [-0.05, 0) is 49.6 Å². The second-order valence-electron chi connectivity index (χ2n) is 6.62. The summed E-state index contributed by atoms with van der Waals surface area (Å²) in [4.78, 5) is 2.18. The van der Waals surface area contributed by atoms with E-state index in [2.05, 4.69) is 10.2 Å². The number of hydrogen-bond donors (Lipinski definition) is 2. The molecule has 0 bridgehead atoms. The van der Waals surface area contributed by atoms with E-state index in [1.807, 2.05) is 6.92 Å². The van der Waals surface area contributed by atoms with Gasteiger partial charge in [-0.1, -0.05) is 18.2 Å². The minimum atomic E-state index is -0.282. The molecule has 1 saturated heterocycles. The van der Waals surface area contributed by atoms with Gasteiger partial charge < -0.3 is 15.3 Å². The molecule has 3 nitrogen and oxygen atoms in total. The van der Waals surface area contributed by atoms with E-state index in [9.17, 15) is 13.9 Å². The molecule has 1 heterocycles. The summed E-state index contributed by atoms with van der Waals surface area (Å²) >= 11 is 0. The summed E-state index contributed by atoms with van der Waals surface area (Å²) in [6.45, 7) is 3.83. The molecule has 0 amide bonds. The number of nitrogens with zero attached hydrogens (tertiary/aromatic N) is 1. The smallest absolute Gasteiger partial charge is 0.127 e. The maximum atomic E-state index is 13.8. The highest BCUT2D eigenvalue weighted by atomic mass is 19.1. The zero-order valence-electron chi connectivity index (χ0n) is 14.4. The molecule has 5 heteroatoms. The SMILES string of the molecule is CC(NCc1ccccc1F)c1cc(F)ccc1N1CCC(O)CC1. The average Bonchev–Trinajstić information content (AvgIpc) is 2.61. The molecule has 0 aromatic heterocycles. The van der Waals surface area contributed by atoms with Gasteiger partial charge in [0.2, 0.25) is 0 Å². The number of nitrogens with one attached hydrogen (secondary N) is 1. The van der Waals surface area contributed by atoms with Crippen molar-refractivity contribution in [1.82, 2.24) is 5.32 Å². The highest BCUT2D eigenvalue weighted by Crippen LogP contribution is 2.30. The fourth-order valence-corrected chi connectivity index (χ4v) is 3.28. The summed E-state index contributed by atoms with van der Waals surface area (Å²) in [5.74, 6) is -0.526. The molecule has 0 radical (unpaired) electrons. The third-order valence-electron chi connectivity index (χ3n) is 4.82. The fraction of sp³-hybridized carbons (Fsp3) is 0.400. The fourth-order valence-electron chi connectivity index (χ4n) is 3.28. The number of aliphatic hydroxyl groups is 1. The maximum Gasteiger partial charge on any atom is 0.127 e. The highest BCUT2D eigenvalue weighted by molar-refractivity contribution is 5.55. The summed E-state index contributed by atoms with van der Waals surface area (Å²) < 4.78 is 27.6. The minimum absolute atomic E-state index is 0.128. The summed E-state index contributed by atoms with van der Waals surface area (Å²) in [7, 11) is 0. The Labute approximate surface area is 147 Å². The lowest BCUT2D eigenvalue weighted by atomic mass is 10.0. The second-order valence-corrected chi connectivity index (χ2v) is 6.62. The Balaban J connectivity index is 1.76. The van der Waals surface area contributed by atoms with Gasteiger partial charge in [0.25, 0.3) is 0 Å². The van der Waals surface area contributed by atoms with Crippen LogP contribution in [0.5, 0.6) is 0 Å². The third-order valence-corrected chi connectivity index (χ3v) is 4.82. The van der Waals surface area contributed by atoms with Crippen molar-refractivity contribution < 1.29 is 13.9 Å². The average molecular weight is 346 g/mol. The van der Waals surface area contributed by atoms with Gasteiger partial charge in [0.1, 0.15) is 11.6 Å². The molecule has 0 saturated carbocycles. The largest absolute Gasteiger partial charge is 0.393 e. The van der Waals surface area contributed by atoms with Crippen LogP contribution in [0.15, 0.2) is 42.5 Å². The number of aliphatic hydroxyl groups excluding tert-OH is 1. The van der Waals surface area contributed by atoms with E-state index in [-0.39, 0.29) is 23.8 Å². The molecular formula is C20H24F2N2O. The van der Waals surface area contributed by atoms with Crippen molar-refractivity contribution in [3.8, 4) is 0 Å². The van der Waals surface area contributed by atoms with Crippen molar-refractivity contribution in [2.24, 2.45) is 0 Å². The van der Waals surface area contributed by atoms with E-state index in [1.54, 1.807) is 30.3 Å². The normalized spacial score (nSPS) is 16.9. The van der Waals surface area contributed by atoms with Crippen LogP contribution >= 0.6 is 0 Å². The van der Waals surface area contributed by atoms with E-state index in [0.717, 1.165) is 24.3 Å². The van der Waals surface area contributed by atoms with Crippen LogP contribution in [0.25, 0.3) is 0 Å². The van der Waals surface area contributed by atoms with Crippen molar-refractivity contribution in [3.05, 3.63) is 65.2 Å². The second kappa shape index (κ2) is 7.93. The van der Waals surface area contributed by atoms with E-state index >= 15 is 0 Å². The van der Waals surface area contributed by atoms with Crippen molar-refractivity contribution in [1.29, 1.82) is 0 Å². The topological polar surface area (TPSA) is 35.5 Å². The van der Waals surface area contributed by atoms with Gasteiger partial charge in [-0.2, -0.15) is 0 Å². The van der Waals surface area contributed by atoms with Crippen molar-refractivity contribution in [3.63, 3.8) is 0 Å². The van der Waals surface area contributed by atoms with Crippen LogP contribution in [0.3, 0.4) is 0 Å². The Bertz CT molecular complexity index is 715. The monoisotopic (exact) mass is 346 g/mol. The van der Waals surface area contributed by atoms with Gasteiger partial charge in [-0.3, -0.25) is 0 Å². The first-order valence-corrected chi connectivity index (χ1v) is 8.74. The summed E-state index contributed by atoms with van der Waals surface area (Å²) in [5.41, 5.74) is 2.42. The first-order chi connectivity index (χ1) is 12.0. The molecule has 3 rings (SSSR count). The van der Waals surface area contributed by atoms with E-state index in [4.69, 9.17) is 0 Å². The molecule has 0 aliphatic carbocycles. The number of rotatable bonds is 5. The minimum Gasteiger partial charge on any atom is -0.393 e. The van der Waals surface area contributed by atoms with Crippen LogP contribution in [-0.2, 0) is 6.54 Å². The van der Waals surface area contributed by atoms with Gasteiger partial charge >= 0.3 is 0 Å². The van der Waals surface area contributed by atoms with Crippen LogP contribution in [0.1, 0.15) is 36.9 Å². The number of anilines is 1. The Morgan fingerprint density at radius 1 is 1.16 bits per heavy atom. The van der Waals surface area contributed by atoms with Crippen LogP contribution in [0.4, 0.5) is 14.5 Å². The molecule has 1 aliphatic rings. The van der Waals surface area contributed by atoms with Gasteiger partial charge in [-0.15, -0.1) is 0 Å². The van der Waals surface area contributed by atoms with Gasteiger partial charge in [0.15, 0.2) is 0 Å². The van der Waals surface area contributed by atoms with Crippen molar-refractivity contribution in [2.75, 3.05) is 18.0 Å². The van der Waals surface area contributed by atoms with Crippen LogP contribution in [0, 0.1) is 11.6 Å². The number of halogens is 2. The van der Waals surface area contributed by atoms with E-state index in [1.165, 1.54) is 12.1 Å². The number of benzene rings is 2. The van der Waals surface area contributed by atoms with Crippen LogP contribution in [-0.4, -0.2) is 24.3 Å². The molecule has 2 N–H and O–H groups in total. The summed E-state index contributed by atoms with van der Waals surface area (Å²) in [5, 5.41) is 13.0. The third kappa shape index (κ3) is 4.35.